The molecule has 118 valence electrons. The van der Waals surface area contributed by atoms with Crippen LogP contribution in [0.2, 0.25) is 0 Å². The van der Waals surface area contributed by atoms with Crippen LogP contribution in [-0.4, -0.2) is 17.1 Å². The number of nitrogens with zero attached hydrogens (tertiary/aromatic N) is 1. The summed E-state index contributed by atoms with van der Waals surface area (Å²) in [4.78, 5) is 24.5. The normalized spacial score (nSPS) is 10.7. The van der Waals surface area contributed by atoms with E-state index in [0.29, 0.717) is 17.1 Å². The van der Waals surface area contributed by atoms with Gasteiger partial charge in [-0.15, -0.1) is 0 Å². The molecule has 0 saturated heterocycles. The first-order valence-corrected chi connectivity index (χ1v) is 6.47. The van der Waals surface area contributed by atoms with E-state index >= 15 is 0 Å². The molecule has 0 atom stereocenters. The molecule has 0 spiro atoms. The van der Waals surface area contributed by atoms with E-state index in [9.17, 15) is 14.9 Å². The number of carbonyl (C=O) groups is 1. The number of nitro groups is 1. The van der Waals surface area contributed by atoms with E-state index < -0.39 is 11.1 Å². The molecule has 23 heavy (non-hydrogen) atoms. The molecule has 9 heteroatoms. The lowest BCUT2D eigenvalue weighted by atomic mass is 10.3. The van der Waals surface area contributed by atoms with Gasteiger partial charge in [0.25, 0.3) is 0 Å². The molecular formula is C14H14N5O4+. The summed E-state index contributed by atoms with van der Waals surface area (Å²) in [5, 5.41) is 12.0. The van der Waals surface area contributed by atoms with Gasteiger partial charge in [0.05, 0.1) is 5.69 Å². The van der Waals surface area contributed by atoms with Gasteiger partial charge < -0.3 is 4.74 Å². The minimum absolute atomic E-state index is 0.223. The van der Waals surface area contributed by atoms with Gasteiger partial charge in [0.2, 0.25) is 5.03 Å². The van der Waals surface area contributed by atoms with Crippen LogP contribution in [0, 0.1) is 10.1 Å². The van der Waals surface area contributed by atoms with Crippen molar-refractivity contribution in [2.75, 3.05) is 5.32 Å². The second-order valence-corrected chi connectivity index (χ2v) is 4.31. The topological polar surface area (TPSA) is 133 Å². The summed E-state index contributed by atoms with van der Waals surface area (Å²) in [5.74, 6) is 0.204. The number of hydrazine groups is 1. The molecule has 0 fully saturated rings. The third-order valence-electron chi connectivity index (χ3n) is 2.58. The third kappa shape index (κ3) is 5.34. The molecule has 0 aliphatic rings. The minimum Gasteiger partial charge on any atom is -0.410 e. The average molecular weight is 316 g/mol. The van der Waals surface area contributed by atoms with E-state index in [-0.39, 0.29) is 5.96 Å². The highest BCUT2D eigenvalue weighted by atomic mass is 16.7. The average Bonchev–Trinajstić information content (AvgIpc) is 2.49. The summed E-state index contributed by atoms with van der Waals surface area (Å²) in [7, 11) is 0. The first-order chi connectivity index (χ1) is 11.0. The van der Waals surface area contributed by atoms with Gasteiger partial charge in [-0.25, -0.2) is 19.9 Å². The quantitative estimate of drug-likeness (QED) is 0.274. The summed E-state index contributed by atoms with van der Waals surface area (Å²) in [6.07, 6.45) is -0.627. The highest BCUT2D eigenvalue weighted by molar-refractivity contribution is 5.86. The first kappa shape index (κ1) is 15.8. The van der Waals surface area contributed by atoms with Crippen molar-refractivity contribution < 1.29 is 19.6 Å². The molecule has 1 amide bonds. The number of nitrogens with one attached hydrogen (secondary N) is 3. The number of nitrogens with two attached hydrogens (primary N) is 1. The molecule has 0 heterocycles. The lowest BCUT2D eigenvalue weighted by Gasteiger charge is -2.06. The second kappa shape index (κ2) is 7.41. The van der Waals surface area contributed by atoms with Crippen molar-refractivity contribution in [3.05, 3.63) is 64.7 Å². The molecule has 5 N–H and O–H groups in total. The number of amides is 1. The number of carbonyl (C=O) groups excluding carboxylic acids is 1. The molecular weight excluding hydrogens is 302 g/mol. The number of benzene rings is 2. The van der Waals surface area contributed by atoms with E-state index in [0.717, 1.165) is 0 Å². The van der Waals surface area contributed by atoms with Gasteiger partial charge in [-0.1, -0.05) is 18.2 Å². The van der Waals surface area contributed by atoms with Crippen molar-refractivity contribution in [3.8, 4) is 5.75 Å². The SMILES string of the molecule is NC(N[N+](=O)[O-])=[NH+]c1ccc(NC(=O)Oc2ccccc2)cc1. The van der Waals surface area contributed by atoms with Gasteiger partial charge in [-0.2, -0.15) is 0 Å². The molecule has 2 aromatic rings. The fraction of sp³-hybridized carbons (Fsp3) is 0. The standard InChI is InChI=1S/C14H13N5O4/c15-13(18-19(21)22)16-10-6-8-11(9-7-10)17-14(20)23-12-4-2-1-3-5-12/h1-9H,(H,17,20)(H3,15,16,18)/p+1. The molecule has 2 rings (SSSR count). The van der Waals surface area contributed by atoms with Crippen molar-refractivity contribution in [1.29, 1.82) is 0 Å². The van der Waals surface area contributed by atoms with E-state index in [1.165, 1.54) is 0 Å². The maximum Gasteiger partial charge on any atom is 0.417 e. The number of anilines is 1. The lowest BCUT2D eigenvalue weighted by Crippen LogP contribution is -2.74. The molecule has 0 aromatic heterocycles. The zero-order chi connectivity index (χ0) is 16.7. The monoisotopic (exact) mass is 316 g/mol. The number of rotatable bonds is 4. The smallest absolute Gasteiger partial charge is 0.410 e. The minimum atomic E-state index is -0.780. The molecule has 0 aliphatic carbocycles. The summed E-state index contributed by atoms with van der Waals surface area (Å²) < 4.78 is 5.08. The number of ether oxygens (including phenoxy) is 1. The molecule has 0 aliphatic heterocycles. The van der Waals surface area contributed by atoms with Crippen LogP contribution in [0.5, 0.6) is 5.75 Å². The molecule has 0 radical (unpaired) electrons. The molecule has 9 nitrogen and oxygen atoms in total. The van der Waals surface area contributed by atoms with Crippen LogP contribution in [0.1, 0.15) is 0 Å². The largest absolute Gasteiger partial charge is 0.417 e. The highest BCUT2D eigenvalue weighted by Crippen LogP contribution is 2.12. The summed E-state index contributed by atoms with van der Waals surface area (Å²) in [6.45, 7) is 0. The molecule has 0 saturated carbocycles. The Labute approximate surface area is 130 Å². The molecule has 2 aromatic carbocycles. The van der Waals surface area contributed by atoms with Crippen LogP contribution in [0.25, 0.3) is 0 Å². The Morgan fingerprint density at radius 1 is 1.13 bits per heavy atom. The van der Waals surface area contributed by atoms with Crippen LogP contribution >= 0.6 is 0 Å². The fourth-order valence-electron chi connectivity index (χ4n) is 1.66. The van der Waals surface area contributed by atoms with E-state index in [2.05, 4.69) is 10.3 Å². The number of hydrogen-bond acceptors (Lipinski definition) is 4. The van der Waals surface area contributed by atoms with E-state index in [4.69, 9.17) is 10.5 Å². The predicted molar refractivity (Wildman–Crippen MR) is 82.5 cm³/mol. The van der Waals surface area contributed by atoms with Gasteiger partial charge in [0, 0.05) is 11.1 Å². The predicted octanol–water partition coefficient (Wildman–Crippen LogP) is 0.106. The van der Waals surface area contributed by atoms with Crippen LogP contribution in [0.15, 0.2) is 54.6 Å². The zero-order valence-corrected chi connectivity index (χ0v) is 11.9. The summed E-state index contributed by atoms with van der Waals surface area (Å²) in [5.41, 5.74) is 8.17. The van der Waals surface area contributed by atoms with Crippen molar-refractivity contribution in [1.82, 2.24) is 5.43 Å². The van der Waals surface area contributed by atoms with Gasteiger partial charge >= 0.3 is 12.1 Å². The van der Waals surface area contributed by atoms with Crippen LogP contribution in [0.4, 0.5) is 16.2 Å². The lowest BCUT2D eigenvalue weighted by molar-refractivity contribution is -0.536. The van der Waals surface area contributed by atoms with Crippen molar-refractivity contribution >= 4 is 23.4 Å². The van der Waals surface area contributed by atoms with Crippen LogP contribution < -0.4 is 26.2 Å². The third-order valence-corrected chi connectivity index (χ3v) is 2.58. The Balaban J connectivity index is 1.94. The Bertz CT molecular complexity index is 716. The van der Waals surface area contributed by atoms with Gasteiger partial charge in [-0.3, -0.25) is 11.1 Å². The maximum absolute atomic E-state index is 11.7. The number of para-hydroxylation sites is 1. The number of hydrogen-bond donors (Lipinski definition) is 4. The highest BCUT2D eigenvalue weighted by Gasteiger charge is 2.08. The van der Waals surface area contributed by atoms with Crippen LogP contribution in [-0.2, 0) is 0 Å². The van der Waals surface area contributed by atoms with E-state index in [1.54, 1.807) is 54.0 Å². The van der Waals surface area contributed by atoms with Crippen molar-refractivity contribution in [3.63, 3.8) is 0 Å². The maximum atomic E-state index is 11.7. The summed E-state index contributed by atoms with van der Waals surface area (Å²) >= 11 is 0. The first-order valence-electron chi connectivity index (χ1n) is 6.47. The van der Waals surface area contributed by atoms with Crippen LogP contribution in [0.3, 0.4) is 0 Å². The summed E-state index contributed by atoms with van der Waals surface area (Å²) in [6, 6.07) is 15.0. The Hall–Kier alpha value is -3.62. The van der Waals surface area contributed by atoms with Gasteiger partial charge in [0.1, 0.15) is 5.75 Å². The van der Waals surface area contributed by atoms with E-state index in [1.807, 2.05) is 6.07 Å². The molecule has 0 unspecified atom stereocenters. The van der Waals surface area contributed by atoms with Crippen molar-refractivity contribution in [2.45, 2.75) is 0 Å². The fourth-order valence-corrected chi connectivity index (χ4v) is 1.66. The molecule has 0 bridgehead atoms. The zero-order valence-electron chi connectivity index (χ0n) is 11.9. The Kier molecular flexibility index (Phi) is 5.08. The van der Waals surface area contributed by atoms with Gasteiger partial charge in [0.15, 0.2) is 0 Å². The number of guanidine groups is 1. The second-order valence-electron chi connectivity index (χ2n) is 4.31. The Morgan fingerprint density at radius 2 is 1.78 bits per heavy atom. The Morgan fingerprint density at radius 3 is 2.39 bits per heavy atom. The van der Waals surface area contributed by atoms with Gasteiger partial charge in [-0.05, 0) is 36.4 Å². The van der Waals surface area contributed by atoms with Crippen molar-refractivity contribution in [2.24, 2.45) is 5.73 Å².